The van der Waals surface area contributed by atoms with E-state index >= 15 is 0 Å². The highest BCUT2D eigenvalue weighted by molar-refractivity contribution is 5.54. The van der Waals surface area contributed by atoms with Gasteiger partial charge in [0.1, 0.15) is 24.9 Å². The molecule has 2 aliphatic rings. The van der Waals surface area contributed by atoms with Crippen molar-refractivity contribution in [2.75, 3.05) is 18.5 Å². The van der Waals surface area contributed by atoms with Crippen molar-refractivity contribution in [3.05, 3.63) is 89.0 Å². The predicted octanol–water partition coefficient (Wildman–Crippen LogP) is 4.18. The van der Waals surface area contributed by atoms with E-state index in [1.54, 1.807) is 0 Å². The number of carbonyl (C=O) groups excluding carboxylic acids is 2. The van der Waals surface area contributed by atoms with Crippen molar-refractivity contribution in [1.82, 2.24) is 0 Å². The predicted molar refractivity (Wildman–Crippen MR) is 126 cm³/mol. The maximum absolute atomic E-state index is 11.0. The van der Waals surface area contributed by atoms with Gasteiger partial charge in [0.15, 0.2) is 0 Å². The smallest absolute Gasteiger partial charge is 0.293 e. The average molecular weight is 448 g/mol. The third-order valence-corrected chi connectivity index (χ3v) is 6.36. The van der Waals surface area contributed by atoms with Gasteiger partial charge in [0.2, 0.25) is 0 Å². The van der Waals surface area contributed by atoms with Crippen LogP contribution in [0.2, 0.25) is 0 Å². The lowest BCUT2D eigenvalue weighted by atomic mass is 9.79. The van der Waals surface area contributed by atoms with Gasteiger partial charge in [0, 0.05) is 16.8 Å². The molecule has 3 unspecified atom stereocenters. The second kappa shape index (κ2) is 10.0. The van der Waals surface area contributed by atoms with Crippen LogP contribution in [-0.2, 0) is 30.2 Å². The van der Waals surface area contributed by atoms with Gasteiger partial charge in [0.05, 0.1) is 6.04 Å². The molecule has 0 fully saturated rings. The summed E-state index contributed by atoms with van der Waals surface area (Å²) in [4.78, 5) is 21.9. The van der Waals surface area contributed by atoms with Gasteiger partial charge >= 0.3 is 0 Å². The zero-order valence-electron chi connectivity index (χ0n) is 18.9. The molecule has 0 spiro atoms. The molecule has 6 nitrogen and oxygen atoms in total. The summed E-state index contributed by atoms with van der Waals surface area (Å²) in [6.07, 6.45) is 4.37. The van der Waals surface area contributed by atoms with Crippen LogP contribution in [0, 0.1) is 0 Å². The fourth-order valence-corrected chi connectivity index (χ4v) is 4.64. The summed E-state index contributed by atoms with van der Waals surface area (Å²) in [7, 11) is 0. The minimum absolute atomic E-state index is 0.0706. The molecule has 0 saturated carbocycles. The topological polar surface area (TPSA) is 73.9 Å². The highest BCUT2D eigenvalue weighted by Gasteiger charge is 2.53. The molecular weight excluding hydrogens is 418 g/mol. The van der Waals surface area contributed by atoms with Crippen LogP contribution in [0.15, 0.2) is 77.9 Å². The molecule has 2 aromatic rings. The summed E-state index contributed by atoms with van der Waals surface area (Å²) < 4.78 is 16.7. The number of benzene rings is 2. The maximum Gasteiger partial charge on any atom is 0.293 e. The van der Waals surface area contributed by atoms with Gasteiger partial charge in [-0.2, -0.15) is 0 Å². The van der Waals surface area contributed by atoms with Crippen molar-refractivity contribution < 1.29 is 23.8 Å². The number of rotatable bonds is 12. The Hall–Kier alpha value is -3.38. The molecule has 33 heavy (non-hydrogen) atoms. The molecule has 0 aromatic heterocycles. The number of carbonyl (C=O) groups is 2. The second-order valence-electron chi connectivity index (χ2n) is 8.67. The zero-order chi connectivity index (χ0) is 23.3. The van der Waals surface area contributed by atoms with Gasteiger partial charge in [-0.25, -0.2) is 0 Å². The minimum Gasteiger partial charge on any atom is -0.463 e. The Morgan fingerprint density at radius 3 is 2.36 bits per heavy atom. The van der Waals surface area contributed by atoms with Gasteiger partial charge in [-0.1, -0.05) is 62.4 Å². The standard InChI is InChI=1S/C27H29NO5/c1-19(2)21-10-8-20(9-11-21)14-26(28-22-6-4-3-5-7-22)27-13-12-25(33-27)23(15-31-17-29)24(27)16-32-18-30/h3-13,17-19,25-26,28H,14-16H2,1-2H3. The lowest BCUT2D eigenvalue weighted by molar-refractivity contribution is -0.129. The van der Waals surface area contributed by atoms with Crippen molar-refractivity contribution in [2.24, 2.45) is 0 Å². The highest BCUT2D eigenvalue weighted by Crippen LogP contribution is 2.47. The van der Waals surface area contributed by atoms with Gasteiger partial charge in [-0.15, -0.1) is 0 Å². The Morgan fingerprint density at radius 1 is 1.00 bits per heavy atom. The molecular formula is C27H29NO5. The number of nitrogens with one attached hydrogen (secondary N) is 1. The van der Waals surface area contributed by atoms with E-state index < -0.39 is 5.60 Å². The molecule has 0 saturated heterocycles. The Morgan fingerprint density at radius 2 is 1.70 bits per heavy atom. The van der Waals surface area contributed by atoms with E-state index in [1.807, 2.05) is 42.5 Å². The summed E-state index contributed by atoms with van der Waals surface area (Å²) >= 11 is 0. The number of fused-ring (bicyclic) bond motifs is 2. The van der Waals surface area contributed by atoms with Gasteiger partial charge < -0.3 is 19.5 Å². The van der Waals surface area contributed by atoms with Crippen LogP contribution in [-0.4, -0.2) is 43.9 Å². The fourth-order valence-electron chi connectivity index (χ4n) is 4.64. The molecule has 1 N–H and O–H groups in total. The largest absolute Gasteiger partial charge is 0.463 e. The van der Waals surface area contributed by atoms with E-state index in [0.29, 0.717) is 25.3 Å². The van der Waals surface area contributed by atoms with Crippen molar-refractivity contribution >= 4 is 18.6 Å². The Labute approximate surface area is 194 Å². The van der Waals surface area contributed by atoms with E-state index in [4.69, 9.17) is 14.2 Å². The van der Waals surface area contributed by atoms with Gasteiger partial charge in [-0.05, 0) is 41.7 Å². The molecule has 0 radical (unpaired) electrons. The van der Waals surface area contributed by atoms with Crippen LogP contribution < -0.4 is 5.32 Å². The third kappa shape index (κ3) is 4.71. The Balaban J connectivity index is 1.71. The number of hydrogen-bond donors (Lipinski definition) is 1. The summed E-state index contributed by atoms with van der Waals surface area (Å²) in [5.41, 5.74) is 4.22. The zero-order valence-corrected chi connectivity index (χ0v) is 18.9. The maximum atomic E-state index is 11.0. The van der Waals surface area contributed by atoms with Crippen molar-refractivity contribution in [1.29, 1.82) is 0 Å². The molecule has 0 amide bonds. The lowest BCUT2D eigenvalue weighted by Crippen LogP contribution is -2.48. The first-order valence-electron chi connectivity index (χ1n) is 11.2. The lowest BCUT2D eigenvalue weighted by Gasteiger charge is -2.37. The van der Waals surface area contributed by atoms with Crippen LogP contribution in [0.3, 0.4) is 0 Å². The SMILES string of the molecule is CC(C)c1ccc(CC(Nc2ccccc2)C23C=CC(O2)C(COC=O)=C3COC=O)cc1. The first kappa shape index (κ1) is 22.8. The van der Waals surface area contributed by atoms with E-state index in [1.165, 1.54) is 5.56 Å². The Kier molecular flexibility index (Phi) is 6.94. The van der Waals surface area contributed by atoms with Gasteiger partial charge in [-0.3, -0.25) is 9.59 Å². The first-order valence-corrected chi connectivity index (χ1v) is 11.2. The summed E-state index contributed by atoms with van der Waals surface area (Å²) in [6.45, 7) is 5.37. The van der Waals surface area contributed by atoms with Crippen LogP contribution in [0.4, 0.5) is 5.69 Å². The molecule has 4 rings (SSSR count). The van der Waals surface area contributed by atoms with Crippen molar-refractivity contribution in [3.8, 4) is 0 Å². The molecule has 0 aliphatic carbocycles. The van der Waals surface area contributed by atoms with E-state index in [2.05, 4.69) is 43.4 Å². The molecule has 2 aromatic carbocycles. The normalized spacial score (nSPS) is 21.8. The summed E-state index contributed by atoms with van der Waals surface area (Å²) in [5, 5.41) is 3.64. The number of ether oxygens (including phenoxy) is 3. The van der Waals surface area contributed by atoms with E-state index in [9.17, 15) is 9.59 Å². The van der Waals surface area contributed by atoms with Crippen LogP contribution in [0.25, 0.3) is 0 Å². The fraction of sp³-hybridized carbons (Fsp3) is 0.333. The second-order valence-corrected chi connectivity index (χ2v) is 8.67. The van der Waals surface area contributed by atoms with Crippen LogP contribution in [0.5, 0.6) is 0 Å². The number of hydrogen-bond acceptors (Lipinski definition) is 6. The van der Waals surface area contributed by atoms with Gasteiger partial charge in [0.25, 0.3) is 12.9 Å². The third-order valence-electron chi connectivity index (χ3n) is 6.36. The quantitative estimate of drug-likeness (QED) is 0.389. The summed E-state index contributed by atoms with van der Waals surface area (Å²) in [6, 6.07) is 18.4. The van der Waals surface area contributed by atoms with Crippen molar-refractivity contribution in [3.63, 3.8) is 0 Å². The minimum atomic E-state index is -0.832. The highest BCUT2D eigenvalue weighted by atomic mass is 16.5. The molecule has 6 heteroatoms. The molecule has 2 aliphatic heterocycles. The first-order chi connectivity index (χ1) is 16.1. The molecule has 2 bridgehead atoms. The van der Waals surface area contributed by atoms with Crippen molar-refractivity contribution in [2.45, 2.75) is 43.9 Å². The number of anilines is 1. The Bertz CT molecular complexity index is 1030. The summed E-state index contributed by atoms with van der Waals surface area (Å²) in [5.74, 6) is 0.461. The van der Waals surface area contributed by atoms with Crippen LogP contribution in [0.1, 0.15) is 30.9 Å². The van der Waals surface area contributed by atoms with E-state index in [-0.39, 0.29) is 25.4 Å². The van der Waals surface area contributed by atoms with E-state index in [0.717, 1.165) is 22.4 Å². The monoisotopic (exact) mass is 447 g/mol. The number of para-hydroxylation sites is 1. The molecule has 3 atom stereocenters. The van der Waals surface area contributed by atoms with Crippen LogP contribution >= 0.6 is 0 Å². The molecule has 172 valence electrons. The average Bonchev–Trinajstić information content (AvgIpc) is 3.40. The molecule has 2 heterocycles.